The maximum absolute atomic E-state index is 13.6. The molecule has 5 nitrogen and oxygen atoms in total. The van der Waals surface area contributed by atoms with Crippen LogP contribution in [0.1, 0.15) is 16.8 Å². The molecule has 1 aromatic carbocycles. The summed E-state index contributed by atoms with van der Waals surface area (Å²) < 4.78 is 15.1. The van der Waals surface area contributed by atoms with Crippen molar-refractivity contribution in [1.29, 1.82) is 0 Å². The number of nitrogens with zero attached hydrogens (tertiary/aromatic N) is 3. The largest absolute Gasteiger partial charge is 0.295 e. The van der Waals surface area contributed by atoms with Gasteiger partial charge in [-0.1, -0.05) is 18.2 Å². The van der Waals surface area contributed by atoms with Crippen molar-refractivity contribution in [3.8, 4) is 0 Å². The summed E-state index contributed by atoms with van der Waals surface area (Å²) in [6, 6.07) is 6.42. The standard InChI is InChI=1S/C13H11FN4O/c1-8-10(6-9-4-2-3-5-11(9)14)12(19)13-16-15-7-18(13)17-8/h2-5,7,17H,6H2,1H3. The number of H-pyrrole nitrogens is 1. The molecule has 0 aliphatic carbocycles. The van der Waals surface area contributed by atoms with Crippen molar-refractivity contribution in [2.24, 2.45) is 0 Å². The van der Waals surface area contributed by atoms with Gasteiger partial charge in [0.05, 0.1) is 0 Å². The number of hydrogen-bond donors (Lipinski definition) is 1. The first-order valence-electron chi connectivity index (χ1n) is 5.81. The van der Waals surface area contributed by atoms with Crippen LogP contribution in [0.2, 0.25) is 0 Å². The first kappa shape index (κ1) is 11.6. The Morgan fingerprint density at radius 2 is 2.16 bits per heavy atom. The summed E-state index contributed by atoms with van der Waals surface area (Å²) in [4.78, 5) is 12.3. The minimum atomic E-state index is -0.317. The summed E-state index contributed by atoms with van der Waals surface area (Å²) in [6.45, 7) is 1.77. The molecule has 0 spiro atoms. The molecule has 0 atom stereocenters. The molecule has 6 heteroatoms. The van der Waals surface area contributed by atoms with Crippen LogP contribution < -0.4 is 5.43 Å². The Kier molecular flexibility index (Phi) is 2.63. The van der Waals surface area contributed by atoms with E-state index in [0.717, 1.165) is 0 Å². The van der Waals surface area contributed by atoms with E-state index in [9.17, 15) is 9.18 Å². The predicted octanol–water partition coefficient (Wildman–Crippen LogP) is 1.46. The molecule has 0 unspecified atom stereocenters. The highest BCUT2D eigenvalue weighted by Crippen LogP contribution is 2.12. The molecule has 1 N–H and O–H groups in total. The van der Waals surface area contributed by atoms with Crippen LogP contribution in [0.3, 0.4) is 0 Å². The van der Waals surface area contributed by atoms with E-state index >= 15 is 0 Å². The maximum Gasteiger partial charge on any atom is 0.230 e. The van der Waals surface area contributed by atoms with E-state index < -0.39 is 0 Å². The van der Waals surface area contributed by atoms with E-state index in [-0.39, 0.29) is 23.3 Å². The Bertz CT molecular complexity index is 806. The summed E-state index contributed by atoms with van der Waals surface area (Å²) in [7, 11) is 0. The molecule has 0 bridgehead atoms. The zero-order chi connectivity index (χ0) is 13.4. The lowest BCUT2D eigenvalue weighted by Crippen LogP contribution is -2.17. The first-order chi connectivity index (χ1) is 9.16. The van der Waals surface area contributed by atoms with Gasteiger partial charge in [-0.25, -0.2) is 8.91 Å². The third kappa shape index (κ3) is 1.91. The van der Waals surface area contributed by atoms with E-state index in [1.165, 1.54) is 16.9 Å². The fourth-order valence-electron chi connectivity index (χ4n) is 2.07. The van der Waals surface area contributed by atoms with Gasteiger partial charge in [-0.15, -0.1) is 10.2 Å². The van der Waals surface area contributed by atoms with Crippen molar-refractivity contribution in [3.63, 3.8) is 0 Å². The zero-order valence-corrected chi connectivity index (χ0v) is 10.2. The van der Waals surface area contributed by atoms with Crippen LogP contribution in [0.4, 0.5) is 4.39 Å². The summed E-state index contributed by atoms with van der Waals surface area (Å²) in [5.74, 6) is -0.317. The lowest BCUT2D eigenvalue weighted by atomic mass is 10.0. The molecule has 0 aliphatic heterocycles. The van der Waals surface area contributed by atoms with Gasteiger partial charge in [0, 0.05) is 17.7 Å². The number of aromatic nitrogens is 4. The van der Waals surface area contributed by atoms with Crippen molar-refractivity contribution in [2.75, 3.05) is 0 Å². The summed E-state index contributed by atoms with van der Waals surface area (Å²) in [5.41, 5.74) is 1.67. The summed E-state index contributed by atoms with van der Waals surface area (Å²) >= 11 is 0. The van der Waals surface area contributed by atoms with Crippen molar-refractivity contribution >= 4 is 5.65 Å². The second-order valence-electron chi connectivity index (χ2n) is 4.34. The van der Waals surface area contributed by atoms with Gasteiger partial charge in [-0.3, -0.25) is 9.89 Å². The normalized spacial score (nSPS) is 11.1. The number of rotatable bonds is 2. The quantitative estimate of drug-likeness (QED) is 0.756. The smallest absolute Gasteiger partial charge is 0.230 e. The lowest BCUT2D eigenvalue weighted by molar-refractivity contribution is 0.613. The van der Waals surface area contributed by atoms with Crippen LogP contribution in [-0.2, 0) is 6.42 Å². The average molecular weight is 258 g/mol. The second-order valence-corrected chi connectivity index (χ2v) is 4.34. The van der Waals surface area contributed by atoms with Gasteiger partial charge in [0.1, 0.15) is 12.1 Å². The number of hydrogen-bond acceptors (Lipinski definition) is 3. The number of aryl methyl sites for hydroxylation is 1. The molecule has 2 heterocycles. The highest BCUT2D eigenvalue weighted by atomic mass is 19.1. The van der Waals surface area contributed by atoms with Gasteiger partial charge in [-0.05, 0) is 18.6 Å². The first-order valence-corrected chi connectivity index (χ1v) is 5.81. The topological polar surface area (TPSA) is 63.1 Å². The Labute approximate surface area is 107 Å². The number of fused-ring (bicyclic) bond motifs is 1. The maximum atomic E-state index is 13.6. The van der Waals surface area contributed by atoms with Crippen molar-refractivity contribution in [1.82, 2.24) is 19.8 Å². The minimum Gasteiger partial charge on any atom is -0.295 e. The van der Waals surface area contributed by atoms with Crippen LogP contribution >= 0.6 is 0 Å². The second kappa shape index (κ2) is 4.31. The van der Waals surface area contributed by atoms with Crippen molar-refractivity contribution in [2.45, 2.75) is 13.3 Å². The van der Waals surface area contributed by atoms with Crippen molar-refractivity contribution < 1.29 is 4.39 Å². The predicted molar refractivity (Wildman–Crippen MR) is 67.6 cm³/mol. The SMILES string of the molecule is Cc1[nH]n2cnnc2c(=O)c1Cc1ccccc1F. The highest BCUT2D eigenvalue weighted by molar-refractivity contribution is 5.42. The molecule has 0 fully saturated rings. The van der Waals surface area contributed by atoms with E-state index in [1.54, 1.807) is 25.1 Å². The lowest BCUT2D eigenvalue weighted by Gasteiger charge is -2.07. The third-order valence-electron chi connectivity index (χ3n) is 3.09. The van der Waals surface area contributed by atoms with Crippen LogP contribution in [0, 0.1) is 12.7 Å². The highest BCUT2D eigenvalue weighted by Gasteiger charge is 2.13. The zero-order valence-electron chi connectivity index (χ0n) is 10.2. The van der Waals surface area contributed by atoms with Crippen molar-refractivity contribution in [3.05, 3.63) is 63.5 Å². The van der Waals surface area contributed by atoms with Gasteiger partial charge >= 0.3 is 0 Å². The molecular formula is C13H11FN4O. The van der Waals surface area contributed by atoms with E-state index in [2.05, 4.69) is 15.3 Å². The van der Waals surface area contributed by atoms with Gasteiger partial charge in [0.25, 0.3) is 0 Å². The molecule has 96 valence electrons. The molecular weight excluding hydrogens is 247 g/mol. The fourth-order valence-corrected chi connectivity index (χ4v) is 2.07. The molecule has 3 aromatic rings. The Hall–Kier alpha value is -2.50. The monoisotopic (exact) mass is 258 g/mol. The molecule has 0 aliphatic rings. The Morgan fingerprint density at radius 1 is 1.37 bits per heavy atom. The summed E-state index contributed by atoms with van der Waals surface area (Å²) in [6.07, 6.45) is 1.66. The molecule has 0 saturated carbocycles. The van der Waals surface area contributed by atoms with Gasteiger partial charge in [-0.2, -0.15) is 0 Å². The van der Waals surface area contributed by atoms with Gasteiger partial charge in [0.2, 0.25) is 11.1 Å². The Morgan fingerprint density at radius 3 is 2.95 bits per heavy atom. The van der Waals surface area contributed by atoms with Crippen LogP contribution in [0.15, 0.2) is 35.4 Å². The van der Waals surface area contributed by atoms with Gasteiger partial charge < -0.3 is 0 Å². The van der Waals surface area contributed by atoms with E-state index in [1.807, 2.05) is 0 Å². The fraction of sp³-hybridized carbons (Fsp3) is 0.154. The number of halogens is 1. The molecule has 3 rings (SSSR count). The van der Waals surface area contributed by atoms with Gasteiger partial charge in [0.15, 0.2) is 0 Å². The minimum absolute atomic E-state index is 0.219. The average Bonchev–Trinajstić information content (AvgIpc) is 2.84. The molecule has 19 heavy (non-hydrogen) atoms. The molecule has 0 amide bonds. The number of aromatic amines is 1. The summed E-state index contributed by atoms with van der Waals surface area (Å²) in [5, 5.41) is 10.4. The Balaban J connectivity index is 2.15. The van der Waals surface area contributed by atoms with Crippen LogP contribution in [0.5, 0.6) is 0 Å². The number of benzene rings is 1. The number of nitrogens with one attached hydrogen (secondary N) is 1. The third-order valence-corrected chi connectivity index (χ3v) is 3.09. The van der Waals surface area contributed by atoms with Crippen LogP contribution in [0.25, 0.3) is 5.65 Å². The molecule has 2 aromatic heterocycles. The van der Waals surface area contributed by atoms with Crippen LogP contribution in [-0.4, -0.2) is 19.8 Å². The molecule has 0 saturated heterocycles. The molecule has 0 radical (unpaired) electrons. The van der Waals surface area contributed by atoms with E-state index in [0.29, 0.717) is 16.8 Å². The van der Waals surface area contributed by atoms with E-state index in [4.69, 9.17) is 0 Å².